The minimum absolute atomic E-state index is 0.0235. The van der Waals surface area contributed by atoms with E-state index in [-0.39, 0.29) is 42.9 Å². The largest absolute Gasteiger partial charge is 0.492 e. The van der Waals surface area contributed by atoms with Crippen LogP contribution >= 0.6 is 0 Å². The molecule has 116 valence electrons. The van der Waals surface area contributed by atoms with Crippen molar-refractivity contribution in [3.8, 4) is 0 Å². The number of methoxy groups -OCH3 is 1. The smallest absolute Gasteiger partial charge is 0.251 e. The van der Waals surface area contributed by atoms with Crippen LogP contribution in [0.3, 0.4) is 0 Å². The van der Waals surface area contributed by atoms with Crippen LogP contribution in [0.25, 0.3) is 0 Å². The highest BCUT2D eigenvalue weighted by Crippen LogP contribution is 2.31. The van der Waals surface area contributed by atoms with E-state index >= 15 is 0 Å². The number of ether oxygens (including phenoxy) is 1. The molecule has 1 saturated heterocycles. The van der Waals surface area contributed by atoms with Crippen molar-refractivity contribution < 1.29 is 23.1 Å². The fourth-order valence-corrected chi connectivity index (χ4v) is 2.60. The maximum Gasteiger partial charge on any atom is 0.251 e. The number of allylic oxidation sites excluding steroid dienone is 2. The first-order valence-corrected chi connectivity index (χ1v) is 6.90. The van der Waals surface area contributed by atoms with Crippen LogP contribution in [0.2, 0.25) is 0 Å². The molecule has 2 aliphatic rings. The lowest BCUT2D eigenvalue weighted by molar-refractivity contribution is -0.0221. The maximum atomic E-state index is 13.2. The molecule has 0 N–H and O–H groups in total. The first-order valence-electron chi connectivity index (χ1n) is 6.90. The van der Waals surface area contributed by atoms with Crippen LogP contribution in [0.1, 0.15) is 33.7 Å². The zero-order chi connectivity index (χ0) is 15.9. The van der Waals surface area contributed by atoms with Gasteiger partial charge in [-0.15, -0.1) is 0 Å². The van der Waals surface area contributed by atoms with E-state index < -0.39 is 17.5 Å². The predicted molar refractivity (Wildman–Crippen MR) is 74.4 cm³/mol. The fraction of sp³-hybridized carbons (Fsp3) is 0.400. The minimum atomic E-state index is -2.65. The molecule has 2 heterocycles. The minimum Gasteiger partial charge on any atom is -0.492 e. The predicted octanol–water partition coefficient (Wildman–Crippen LogP) is 2.23. The van der Waals surface area contributed by atoms with Gasteiger partial charge in [-0.25, -0.2) is 13.8 Å². The van der Waals surface area contributed by atoms with Crippen LogP contribution in [0.4, 0.5) is 14.6 Å². The van der Waals surface area contributed by atoms with Crippen molar-refractivity contribution in [2.75, 3.05) is 25.1 Å². The number of nitrogens with zero attached hydrogens (tertiary/aromatic N) is 2. The molecule has 0 saturated carbocycles. The number of carbonyl (C=O) groups is 2. The van der Waals surface area contributed by atoms with Gasteiger partial charge < -0.3 is 9.64 Å². The summed E-state index contributed by atoms with van der Waals surface area (Å²) in [7, 11) is 1.32. The molecule has 0 amide bonds. The van der Waals surface area contributed by atoms with Crippen LogP contribution < -0.4 is 4.90 Å². The van der Waals surface area contributed by atoms with E-state index in [2.05, 4.69) is 4.98 Å². The molecule has 1 aromatic rings. The molecule has 1 fully saturated rings. The van der Waals surface area contributed by atoms with Crippen molar-refractivity contribution in [3.63, 3.8) is 0 Å². The second-order valence-corrected chi connectivity index (χ2v) is 5.31. The third kappa shape index (κ3) is 2.47. The molecule has 5 nitrogen and oxygen atoms in total. The first kappa shape index (κ1) is 14.6. The molecule has 1 aliphatic carbocycles. The van der Waals surface area contributed by atoms with Crippen LogP contribution in [-0.2, 0) is 4.74 Å². The van der Waals surface area contributed by atoms with E-state index in [9.17, 15) is 18.4 Å². The van der Waals surface area contributed by atoms with Crippen molar-refractivity contribution in [3.05, 3.63) is 35.2 Å². The topological polar surface area (TPSA) is 59.5 Å². The number of carbonyl (C=O) groups excluding carboxylic acids is 2. The average Bonchev–Trinajstić information content (AvgIpc) is 2.50. The molecular weight excluding hydrogens is 294 g/mol. The van der Waals surface area contributed by atoms with Crippen molar-refractivity contribution >= 4 is 17.4 Å². The van der Waals surface area contributed by atoms with Crippen LogP contribution in [0.5, 0.6) is 0 Å². The number of piperidine rings is 1. The van der Waals surface area contributed by atoms with Gasteiger partial charge in [-0.1, -0.05) is 0 Å². The number of hydrogen-bond donors (Lipinski definition) is 0. The monoisotopic (exact) mass is 308 g/mol. The van der Waals surface area contributed by atoms with Gasteiger partial charge in [0.15, 0.2) is 5.76 Å². The Morgan fingerprint density at radius 1 is 1.23 bits per heavy atom. The van der Waals surface area contributed by atoms with Gasteiger partial charge in [0.2, 0.25) is 11.6 Å². The normalized spacial score (nSPS) is 20.5. The highest BCUT2D eigenvalue weighted by molar-refractivity contribution is 6.23. The summed E-state index contributed by atoms with van der Waals surface area (Å²) in [4.78, 5) is 30.0. The summed E-state index contributed by atoms with van der Waals surface area (Å²) in [5.74, 6) is -3.06. The molecule has 0 atom stereocenters. The molecule has 1 aliphatic heterocycles. The molecule has 0 spiro atoms. The Balaban J connectivity index is 1.89. The molecule has 0 bridgehead atoms. The Hall–Kier alpha value is -2.31. The highest BCUT2D eigenvalue weighted by Gasteiger charge is 2.35. The number of halogens is 2. The van der Waals surface area contributed by atoms with Crippen LogP contribution in [-0.4, -0.2) is 42.7 Å². The van der Waals surface area contributed by atoms with Gasteiger partial charge in [-0.05, 0) is 12.1 Å². The van der Waals surface area contributed by atoms with Gasteiger partial charge >= 0.3 is 0 Å². The van der Waals surface area contributed by atoms with Gasteiger partial charge in [-0.2, -0.15) is 0 Å². The van der Waals surface area contributed by atoms with E-state index in [4.69, 9.17) is 4.74 Å². The third-order valence-electron chi connectivity index (χ3n) is 3.88. The lowest BCUT2D eigenvalue weighted by Gasteiger charge is -2.32. The van der Waals surface area contributed by atoms with Gasteiger partial charge in [0.05, 0.1) is 12.7 Å². The number of ketones is 2. The number of Topliss-reactive ketones (excluding diaryl/α,β-unsaturated/α-hetero) is 1. The number of fused-ring (bicyclic) bond motifs is 1. The summed E-state index contributed by atoms with van der Waals surface area (Å²) in [5, 5.41) is 0. The van der Waals surface area contributed by atoms with E-state index in [0.717, 1.165) is 6.08 Å². The number of rotatable bonds is 2. The van der Waals surface area contributed by atoms with E-state index in [1.807, 2.05) is 0 Å². The Morgan fingerprint density at radius 2 is 1.91 bits per heavy atom. The van der Waals surface area contributed by atoms with Crippen LogP contribution in [0, 0.1) is 0 Å². The first-order chi connectivity index (χ1) is 10.4. The highest BCUT2D eigenvalue weighted by atomic mass is 19.3. The summed E-state index contributed by atoms with van der Waals surface area (Å²) >= 11 is 0. The molecule has 22 heavy (non-hydrogen) atoms. The standard InChI is InChI=1S/C15H14F2N2O3/c1-22-11-8-10(20)13-9(14(11)21)2-3-12(18-13)19-6-4-15(16,17)5-7-19/h2-3,8H,4-7H2,1H3. The van der Waals surface area contributed by atoms with E-state index in [0.29, 0.717) is 5.82 Å². The van der Waals surface area contributed by atoms with Gasteiger partial charge in [0.1, 0.15) is 11.5 Å². The Morgan fingerprint density at radius 3 is 2.55 bits per heavy atom. The number of hydrogen-bond acceptors (Lipinski definition) is 5. The maximum absolute atomic E-state index is 13.2. The number of pyridine rings is 1. The van der Waals surface area contributed by atoms with Crippen molar-refractivity contribution in [1.82, 2.24) is 4.98 Å². The Bertz CT molecular complexity index is 675. The molecule has 0 unspecified atom stereocenters. The zero-order valence-electron chi connectivity index (χ0n) is 11.9. The summed E-state index contributed by atoms with van der Waals surface area (Å²) in [6.07, 6.45) is 0.616. The molecule has 0 aromatic carbocycles. The third-order valence-corrected chi connectivity index (χ3v) is 3.88. The zero-order valence-corrected chi connectivity index (χ0v) is 11.9. The lowest BCUT2D eigenvalue weighted by Crippen LogP contribution is -2.40. The van der Waals surface area contributed by atoms with Crippen molar-refractivity contribution in [2.45, 2.75) is 18.8 Å². The second kappa shape index (κ2) is 5.15. The fourth-order valence-electron chi connectivity index (χ4n) is 2.60. The number of alkyl halides is 2. The molecular formula is C15H14F2N2O3. The van der Waals surface area contributed by atoms with Crippen LogP contribution in [0.15, 0.2) is 24.0 Å². The molecule has 3 rings (SSSR count). The molecule has 1 aromatic heterocycles. The number of aromatic nitrogens is 1. The number of anilines is 1. The SMILES string of the molecule is COC1=CC(=O)c2nc(N3CCC(F)(F)CC3)ccc2C1=O. The summed E-state index contributed by atoms with van der Waals surface area (Å²) in [5.41, 5.74) is 0.219. The van der Waals surface area contributed by atoms with Crippen molar-refractivity contribution in [1.29, 1.82) is 0 Å². The Labute approximate surface area is 125 Å². The summed E-state index contributed by atoms with van der Waals surface area (Å²) in [6, 6.07) is 3.07. The molecule has 7 heteroatoms. The Kier molecular flexibility index (Phi) is 3.42. The summed E-state index contributed by atoms with van der Waals surface area (Å²) in [6.45, 7) is 0.333. The average molecular weight is 308 g/mol. The van der Waals surface area contributed by atoms with Gasteiger partial charge in [0.25, 0.3) is 5.92 Å². The lowest BCUT2D eigenvalue weighted by atomic mass is 9.98. The van der Waals surface area contributed by atoms with Crippen molar-refractivity contribution in [2.24, 2.45) is 0 Å². The summed E-state index contributed by atoms with van der Waals surface area (Å²) < 4.78 is 31.3. The van der Waals surface area contributed by atoms with E-state index in [1.54, 1.807) is 11.0 Å². The quantitative estimate of drug-likeness (QED) is 0.838. The second-order valence-electron chi connectivity index (χ2n) is 5.31. The van der Waals surface area contributed by atoms with Gasteiger partial charge in [-0.3, -0.25) is 9.59 Å². The van der Waals surface area contributed by atoms with Gasteiger partial charge in [0, 0.05) is 32.0 Å². The van der Waals surface area contributed by atoms with E-state index in [1.165, 1.54) is 13.2 Å². The molecule has 0 radical (unpaired) electrons.